The van der Waals surface area contributed by atoms with Crippen molar-refractivity contribution in [2.24, 2.45) is 0 Å². The number of hydrogen-bond donors (Lipinski definition) is 1. The number of halogens is 1. The first-order chi connectivity index (χ1) is 7.03. The third kappa shape index (κ3) is 5.10. The average molecular weight is 312 g/mol. The first kappa shape index (κ1) is 13.2. The van der Waals surface area contributed by atoms with Gasteiger partial charge >= 0.3 is 0 Å². The number of nitrogens with one attached hydrogen (secondary N) is 1. The van der Waals surface area contributed by atoms with E-state index in [4.69, 9.17) is 0 Å². The van der Waals surface area contributed by atoms with Crippen LogP contribution in [0.3, 0.4) is 0 Å². The zero-order valence-corrected chi connectivity index (χ0v) is 11.7. The Bertz CT molecular complexity index is 400. The lowest BCUT2D eigenvalue weighted by Gasteiger charge is -2.03. The highest BCUT2D eigenvalue weighted by atomic mass is 79.9. The Morgan fingerprint density at radius 1 is 1.47 bits per heavy atom. The second kappa shape index (κ2) is 5.98. The first-order valence-electron chi connectivity index (χ1n) is 4.75. The Morgan fingerprint density at radius 3 is 2.73 bits per heavy atom. The lowest BCUT2D eigenvalue weighted by atomic mass is 10.4. The minimum atomic E-state index is -3.09. The van der Waals surface area contributed by atoms with E-state index in [1.807, 2.05) is 19.1 Å². The monoisotopic (exact) mass is 311 g/mol. The molecule has 1 rings (SSSR count). The summed E-state index contributed by atoms with van der Waals surface area (Å²) >= 11 is 4.88. The number of thiophene rings is 1. The molecule has 0 saturated heterocycles. The van der Waals surface area contributed by atoms with Crippen LogP contribution in [0.15, 0.2) is 15.9 Å². The van der Waals surface area contributed by atoms with Crippen LogP contribution < -0.4 is 4.72 Å². The largest absolute Gasteiger partial charge is 0.212 e. The zero-order chi connectivity index (χ0) is 11.3. The molecule has 15 heavy (non-hydrogen) atoms. The molecular weight excluding hydrogens is 298 g/mol. The summed E-state index contributed by atoms with van der Waals surface area (Å²) in [6.45, 7) is 2.37. The molecule has 0 aliphatic rings. The highest BCUT2D eigenvalue weighted by molar-refractivity contribution is 9.11. The van der Waals surface area contributed by atoms with Crippen LogP contribution in [0.5, 0.6) is 0 Å². The van der Waals surface area contributed by atoms with Gasteiger partial charge in [-0.2, -0.15) is 0 Å². The fourth-order valence-corrected chi connectivity index (χ4v) is 3.74. The van der Waals surface area contributed by atoms with E-state index >= 15 is 0 Å². The second-order valence-corrected chi connectivity index (χ2v) is 7.67. The van der Waals surface area contributed by atoms with Gasteiger partial charge in [-0.1, -0.05) is 13.3 Å². The van der Waals surface area contributed by atoms with Crippen LogP contribution in [-0.4, -0.2) is 14.2 Å². The van der Waals surface area contributed by atoms with Crippen LogP contribution in [0.1, 0.15) is 24.6 Å². The van der Waals surface area contributed by atoms with E-state index in [-0.39, 0.29) is 5.75 Å². The van der Waals surface area contributed by atoms with Gasteiger partial charge in [0.15, 0.2) is 0 Å². The molecule has 1 aromatic heterocycles. The van der Waals surface area contributed by atoms with Gasteiger partial charge in [-0.25, -0.2) is 13.1 Å². The molecule has 1 N–H and O–H groups in total. The minimum absolute atomic E-state index is 0.218. The molecule has 0 unspecified atom stereocenters. The van der Waals surface area contributed by atoms with Gasteiger partial charge in [0.25, 0.3) is 0 Å². The predicted octanol–water partition coefficient (Wildman–Crippen LogP) is 2.73. The Hall–Kier alpha value is 0.0900. The van der Waals surface area contributed by atoms with Crippen LogP contribution in [0.4, 0.5) is 0 Å². The zero-order valence-electron chi connectivity index (χ0n) is 8.49. The number of unbranched alkanes of at least 4 members (excludes halogenated alkanes) is 1. The molecule has 0 aliphatic heterocycles. The molecule has 0 aromatic carbocycles. The van der Waals surface area contributed by atoms with E-state index in [0.29, 0.717) is 13.0 Å². The summed E-state index contributed by atoms with van der Waals surface area (Å²) in [4.78, 5) is 1.02. The topological polar surface area (TPSA) is 46.2 Å². The van der Waals surface area contributed by atoms with E-state index < -0.39 is 10.0 Å². The number of hydrogen-bond acceptors (Lipinski definition) is 3. The van der Waals surface area contributed by atoms with Gasteiger partial charge in [-0.3, -0.25) is 0 Å². The second-order valence-electron chi connectivity index (χ2n) is 3.20. The van der Waals surface area contributed by atoms with Gasteiger partial charge in [-0.15, -0.1) is 11.3 Å². The third-order valence-electron chi connectivity index (χ3n) is 1.86. The maximum atomic E-state index is 11.5. The SMILES string of the molecule is CCCCS(=O)(=O)NCc1ccc(Br)s1. The number of rotatable bonds is 6. The van der Waals surface area contributed by atoms with Crippen molar-refractivity contribution in [2.75, 3.05) is 5.75 Å². The molecule has 0 saturated carbocycles. The van der Waals surface area contributed by atoms with Gasteiger partial charge in [-0.05, 0) is 34.5 Å². The smallest absolute Gasteiger partial charge is 0.211 e. The van der Waals surface area contributed by atoms with Gasteiger partial charge in [0.05, 0.1) is 9.54 Å². The van der Waals surface area contributed by atoms with Crippen molar-refractivity contribution in [3.8, 4) is 0 Å². The Morgan fingerprint density at radius 2 is 2.20 bits per heavy atom. The van der Waals surface area contributed by atoms with Crippen molar-refractivity contribution in [3.63, 3.8) is 0 Å². The molecule has 86 valence electrons. The Kier molecular flexibility index (Phi) is 5.25. The molecule has 0 fully saturated rings. The molecule has 0 radical (unpaired) electrons. The van der Waals surface area contributed by atoms with Gasteiger partial charge in [0, 0.05) is 11.4 Å². The van der Waals surface area contributed by atoms with Gasteiger partial charge < -0.3 is 0 Å². The summed E-state index contributed by atoms with van der Waals surface area (Å²) in [7, 11) is -3.09. The fourth-order valence-electron chi connectivity index (χ4n) is 1.03. The summed E-state index contributed by atoms with van der Waals surface area (Å²) in [6, 6.07) is 3.83. The van der Waals surface area contributed by atoms with Crippen molar-refractivity contribution < 1.29 is 8.42 Å². The normalized spacial score (nSPS) is 11.9. The van der Waals surface area contributed by atoms with E-state index in [9.17, 15) is 8.42 Å². The lowest BCUT2D eigenvalue weighted by Crippen LogP contribution is -2.25. The number of sulfonamides is 1. The molecule has 0 bridgehead atoms. The molecule has 3 nitrogen and oxygen atoms in total. The van der Waals surface area contributed by atoms with Crippen LogP contribution in [0.2, 0.25) is 0 Å². The van der Waals surface area contributed by atoms with E-state index in [0.717, 1.165) is 15.1 Å². The summed E-state index contributed by atoms with van der Waals surface area (Å²) < 4.78 is 26.5. The van der Waals surface area contributed by atoms with Crippen LogP contribution in [-0.2, 0) is 16.6 Å². The van der Waals surface area contributed by atoms with Crippen molar-refractivity contribution in [1.82, 2.24) is 4.72 Å². The van der Waals surface area contributed by atoms with Gasteiger partial charge in [0.1, 0.15) is 0 Å². The van der Waals surface area contributed by atoms with E-state index in [2.05, 4.69) is 20.7 Å². The Labute approximate surface area is 103 Å². The minimum Gasteiger partial charge on any atom is -0.212 e. The Balaban J connectivity index is 2.42. The van der Waals surface area contributed by atoms with Crippen molar-refractivity contribution >= 4 is 37.3 Å². The highest BCUT2D eigenvalue weighted by Crippen LogP contribution is 2.21. The van der Waals surface area contributed by atoms with Crippen molar-refractivity contribution in [3.05, 3.63) is 20.8 Å². The quantitative estimate of drug-likeness (QED) is 0.878. The maximum Gasteiger partial charge on any atom is 0.211 e. The molecule has 0 amide bonds. The van der Waals surface area contributed by atoms with Crippen LogP contribution in [0.25, 0.3) is 0 Å². The standard InChI is InChI=1S/C9H14BrNO2S2/c1-2-3-6-15(12,13)11-7-8-4-5-9(10)14-8/h4-5,11H,2-3,6-7H2,1H3. The molecule has 1 heterocycles. The van der Waals surface area contributed by atoms with E-state index in [1.165, 1.54) is 0 Å². The van der Waals surface area contributed by atoms with Crippen LogP contribution in [0, 0.1) is 0 Å². The molecule has 1 aromatic rings. The predicted molar refractivity (Wildman–Crippen MR) is 67.6 cm³/mol. The molecule has 0 atom stereocenters. The first-order valence-corrected chi connectivity index (χ1v) is 8.01. The summed E-state index contributed by atoms with van der Waals surface area (Å²) in [5.74, 6) is 0.218. The molecular formula is C9H14BrNO2S2. The summed E-state index contributed by atoms with van der Waals surface area (Å²) in [6.07, 6.45) is 1.61. The summed E-state index contributed by atoms with van der Waals surface area (Å²) in [5.41, 5.74) is 0. The fraction of sp³-hybridized carbons (Fsp3) is 0.556. The van der Waals surface area contributed by atoms with Crippen LogP contribution >= 0.6 is 27.3 Å². The maximum absolute atomic E-state index is 11.5. The lowest BCUT2D eigenvalue weighted by molar-refractivity contribution is 0.578. The van der Waals surface area contributed by atoms with Crippen molar-refractivity contribution in [2.45, 2.75) is 26.3 Å². The van der Waals surface area contributed by atoms with Gasteiger partial charge in [0.2, 0.25) is 10.0 Å². The average Bonchev–Trinajstić information content (AvgIpc) is 2.59. The molecule has 0 spiro atoms. The summed E-state index contributed by atoms with van der Waals surface area (Å²) in [5, 5.41) is 0. The van der Waals surface area contributed by atoms with Crippen molar-refractivity contribution in [1.29, 1.82) is 0 Å². The highest BCUT2D eigenvalue weighted by Gasteiger charge is 2.09. The van der Waals surface area contributed by atoms with E-state index in [1.54, 1.807) is 11.3 Å². The molecule has 6 heteroatoms. The molecule has 0 aliphatic carbocycles. The third-order valence-corrected chi connectivity index (χ3v) is 4.90.